The summed E-state index contributed by atoms with van der Waals surface area (Å²) < 4.78 is 2.30. The van der Waals surface area contributed by atoms with Crippen molar-refractivity contribution in [2.24, 2.45) is 5.73 Å². The van der Waals surface area contributed by atoms with E-state index in [1.165, 1.54) is 34.0 Å². The van der Waals surface area contributed by atoms with E-state index in [0.717, 1.165) is 13.0 Å². The second-order valence-corrected chi connectivity index (χ2v) is 4.84. The Morgan fingerprint density at radius 3 is 2.53 bits per heavy atom. The van der Waals surface area contributed by atoms with Crippen molar-refractivity contribution in [2.75, 3.05) is 6.54 Å². The third-order valence-electron chi connectivity index (χ3n) is 3.47. The number of nitrogens with zero attached hydrogens (tertiary/aromatic N) is 1. The lowest BCUT2D eigenvalue weighted by molar-refractivity contribution is 0.730. The van der Waals surface area contributed by atoms with E-state index in [2.05, 4.69) is 43.7 Å². The van der Waals surface area contributed by atoms with Crippen molar-refractivity contribution in [3.05, 3.63) is 35.0 Å². The van der Waals surface area contributed by atoms with Gasteiger partial charge >= 0.3 is 0 Å². The highest BCUT2D eigenvalue weighted by molar-refractivity contribution is 5.85. The van der Waals surface area contributed by atoms with Crippen LogP contribution in [0.15, 0.2) is 18.3 Å². The zero-order chi connectivity index (χ0) is 12.4. The van der Waals surface area contributed by atoms with Crippen molar-refractivity contribution >= 4 is 10.9 Å². The molecule has 0 saturated carbocycles. The van der Waals surface area contributed by atoms with Gasteiger partial charge in [0.2, 0.25) is 0 Å². The van der Waals surface area contributed by atoms with Crippen LogP contribution >= 0.6 is 0 Å². The highest BCUT2D eigenvalue weighted by atomic mass is 15.0. The molecule has 0 saturated heterocycles. The van der Waals surface area contributed by atoms with Gasteiger partial charge in [0.15, 0.2) is 0 Å². The first-order chi connectivity index (χ1) is 8.17. The molecule has 0 aliphatic heterocycles. The lowest BCUT2D eigenvalue weighted by Gasteiger charge is -2.05. The van der Waals surface area contributed by atoms with Crippen LogP contribution in [0.5, 0.6) is 0 Å². The van der Waals surface area contributed by atoms with E-state index in [1.807, 2.05) is 0 Å². The van der Waals surface area contributed by atoms with Gasteiger partial charge in [-0.2, -0.15) is 0 Å². The quantitative estimate of drug-likeness (QED) is 0.859. The number of aromatic nitrogens is 1. The van der Waals surface area contributed by atoms with Crippen LogP contribution in [0.25, 0.3) is 10.9 Å². The molecule has 1 aromatic carbocycles. The number of fused-ring (bicyclic) bond motifs is 1. The molecule has 2 heteroatoms. The van der Waals surface area contributed by atoms with Gasteiger partial charge in [0.1, 0.15) is 0 Å². The Hall–Kier alpha value is -1.28. The molecule has 0 bridgehead atoms. The highest BCUT2D eigenvalue weighted by Crippen LogP contribution is 2.25. The maximum Gasteiger partial charge on any atom is 0.0486 e. The monoisotopic (exact) mass is 230 g/mol. The predicted molar refractivity (Wildman–Crippen MR) is 74.5 cm³/mol. The average Bonchev–Trinajstić information content (AvgIpc) is 2.60. The van der Waals surface area contributed by atoms with Crippen molar-refractivity contribution in [2.45, 2.75) is 40.2 Å². The second kappa shape index (κ2) is 4.92. The second-order valence-electron chi connectivity index (χ2n) is 4.84. The molecule has 2 rings (SSSR count). The Labute approximate surface area is 103 Å². The summed E-state index contributed by atoms with van der Waals surface area (Å²) in [6.07, 6.45) is 4.62. The van der Waals surface area contributed by atoms with Gasteiger partial charge in [-0.05, 0) is 49.1 Å². The van der Waals surface area contributed by atoms with E-state index in [0.29, 0.717) is 6.54 Å². The molecule has 1 heterocycles. The summed E-state index contributed by atoms with van der Waals surface area (Å²) in [6, 6.07) is 4.61. The summed E-state index contributed by atoms with van der Waals surface area (Å²) in [5, 5.41) is 1.41. The normalized spacial score (nSPS) is 11.3. The predicted octanol–water partition coefficient (Wildman–Crippen LogP) is 3.17. The number of hydrogen-bond donors (Lipinski definition) is 1. The summed E-state index contributed by atoms with van der Waals surface area (Å²) in [6.45, 7) is 8.19. The fraction of sp³-hybridized carbons (Fsp3) is 0.467. The van der Waals surface area contributed by atoms with Crippen LogP contribution < -0.4 is 5.73 Å². The van der Waals surface area contributed by atoms with E-state index in [4.69, 9.17) is 5.73 Å². The van der Waals surface area contributed by atoms with Gasteiger partial charge in [-0.3, -0.25) is 0 Å². The maximum atomic E-state index is 5.68. The SMILES string of the molecule is CCCc1cn(CCN)c2cc(C)c(C)cc12. The summed E-state index contributed by atoms with van der Waals surface area (Å²) in [5.74, 6) is 0. The molecule has 1 aromatic heterocycles. The lowest BCUT2D eigenvalue weighted by atomic mass is 10.0. The maximum absolute atomic E-state index is 5.68. The van der Waals surface area contributed by atoms with Crippen molar-refractivity contribution in [1.82, 2.24) is 4.57 Å². The minimum absolute atomic E-state index is 0.697. The molecule has 0 spiro atoms. The molecule has 0 atom stereocenters. The summed E-state index contributed by atoms with van der Waals surface area (Å²) in [7, 11) is 0. The first-order valence-corrected chi connectivity index (χ1v) is 6.46. The molecule has 2 aromatic rings. The van der Waals surface area contributed by atoms with Crippen LogP contribution in [0, 0.1) is 13.8 Å². The van der Waals surface area contributed by atoms with Gasteiger partial charge in [-0.1, -0.05) is 13.3 Å². The topological polar surface area (TPSA) is 30.9 Å². The lowest BCUT2D eigenvalue weighted by Crippen LogP contribution is -2.08. The molecule has 0 radical (unpaired) electrons. The molecule has 92 valence electrons. The van der Waals surface area contributed by atoms with Gasteiger partial charge in [0.05, 0.1) is 0 Å². The van der Waals surface area contributed by atoms with Crippen LogP contribution in [0.3, 0.4) is 0 Å². The molecular formula is C15H22N2. The molecule has 0 aliphatic rings. The molecule has 17 heavy (non-hydrogen) atoms. The van der Waals surface area contributed by atoms with Gasteiger partial charge in [0.25, 0.3) is 0 Å². The zero-order valence-corrected chi connectivity index (χ0v) is 11.1. The van der Waals surface area contributed by atoms with Gasteiger partial charge in [-0.25, -0.2) is 0 Å². The number of aryl methyl sites for hydroxylation is 3. The van der Waals surface area contributed by atoms with Gasteiger partial charge in [-0.15, -0.1) is 0 Å². The Morgan fingerprint density at radius 1 is 1.18 bits per heavy atom. The Morgan fingerprint density at radius 2 is 1.88 bits per heavy atom. The van der Waals surface area contributed by atoms with Crippen LogP contribution in [-0.4, -0.2) is 11.1 Å². The fourth-order valence-electron chi connectivity index (χ4n) is 2.42. The van der Waals surface area contributed by atoms with Crippen LogP contribution in [0.4, 0.5) is 0 Å². The zero-order valence-electron chi connectivity index (χ0n) is 11.1. The Balaban J connectivity index is 2.63. The third-order valence-corrected chi connectivity index (χ3v) is 3.47. The number of rotatable bonds is 4. The summed E-state index contributed by atoms with van der Waals surface area (Å²) >= 11 is 0. The molecule has 0 aliphatic carbocycles. The first kappa shape index (κ1) is 12.2. The van der Waals surface area contributed by atoms with E-state index in [-0.39, 0.29) is 0 Å². The minimum atomic E-state index is 0.697. The number of hydrogen-bond acceptors (Lipinski definition) is 1. The molecule has 0 amide bonds. The molecular weight excluding hydrogens is 208 g/mol. The standard InChI is InChI=1S/C15H22N2/c1-4-5-13-10-17(7-6-16)15-9-12(3)11(2)8-14(13)15/h8-10H,4-7,16H2,1-3H3. The summed E-state index contributed by atoms with van der Waals surface area (Å²) in [5.41, 5.74) is 11.2. The van der Waals surface area contributed by atoms with E-state index in [9.17, 15) is 0 Å². The van der Waals surface area contributed by atoms with Crippen molar-refractivity contribution in [1.29, 1.82) is 0 Å². The highest BCUT2D eigenvalue weighted by Gasteiger charge is 2.09. The van der Waals surface area contributed by atoms with E-state index in [1.54, 1.807) is 0 Å². The number of benzene rings is 1. The molecule has 0 unspecified atom stereocenters. The molecule has 2 N–H and O–H groups in total. The van der Waals surface area contributed by atoms with Crippen molar-refractivity contribution < 1.29 is 0 Å². The van der Waals surface area contributed by atoms with Crippen LogP contribution in [0.2, 0.25) is 0 Å². The Kier molecular flexibility index (Phi) is 3.53. The van der Waals surface area contributed by atoms with Crippen LogP contribution in [-0.2, 0) is 13.0 Å². The van der Waals surface area contributed by atoms with Crippen LogP contribution in [0.1, 0.15) is 30.0 Å². The van der Waals surface area contributed by atoms with Gasteiger partial charge < -0.3 is 10.3 Å². The average molecular weight is 230 g/mol. The molecule has 0 fully saturated rings. The summed E-state index contributed by atoms with van der Waals surface area (Å²) in [4.78, 5) is 0. The first-order valence-electron chi connectivity index (χ1n) is 6.46. The van der Waals surface area contributed by atoms with E-state index >= 15 is 0 Å². The third kappa shape index (κ3) is 2.22. The minimum Gasteiger partial charge on any atom is -0.346 e. The Bertz CT molecular complexity index is 477. The molecule has 2 nitrogen and oxygen atoms in total. The van der Waals surface area contributed by atoms with Crippen molar-refractivity contribution in [3.63, 3.8) is 0 Å². The smallest absolute Gasteiger partial charge is 0.0486 e. The number of nitrogens with two attached hydrogens (primary N) is 1. The fourth-order valence-corrected chi connectivity index (χ4v) is 2.42. The van der Waals surface area contributed by atoms with E-state index < -0.39 is 0 Å². The largest absolute Gasteiger partial charge is 0.346 e. The van der Waals surface area contributed by atoms with Crippen molar-refractivity contribution in [3.8, 4) is 0 Å². The van der Waals surface area contributed by atoms with Gasteiger partial charge in [0, 0.05) is 30.2 Å².